The van der Waals surface area contributed by atoms with E-state index < -0.39 is 5.92 Å². The van der Waals surface area contributed by atoms with Crippen LogP contribution in [0, 0.1) is 12.3 Å². The lowest BCUT2D eigenvalue weighted by atomic mass is 9.92. The highest BCUT2D eigenvalue weighted by Gasteiger charge is 2.34. The van der Waals surface area contributed by atoms with Crippen molar-refractivity contribution in [3.63, 3.8) is 0 Å². The Bertz CT molecular complexity index is 186. The SMILES string of the molecule is C#CCCNC1CCC(F)(F)CC1. The fourth-order valence-corrected chi connectivity index (χ4v) is 1.59. The molecule has 0 aromatic heterocycles. The molecule has 3 heteroatoms. The van der Waals surface area contributed by atoms with E-state index in [1.165, 1.54) is 0 Å². The standard InChI is InChI=1S/C10H15F2N/c1-2-3-8-13-9-4-6-10(11,12)7-5-9/h1,9,13H,3-8H2. The summed E-state index contributed by atoms with van der Waals surface area (Å²) in [5.41, 5.74) is 0. The van der Waals surface area contributed by atoms with E-state index in [1.807, 2.05) is 0 Å². The van der Waals surface area contributed by atoms with Crippen LogP contribution in [0.2, 0.25) is 0 Å². The molecule has 74 valence electrons. The summed E-state index contributed by atoms with van der Waals surface area (Å²) in [6.07, 6.45) is 6.91. The lowest BCUT2D eigenvalue weighted by molar-refractivity contribution is -0.0403. The van der Waals surface area contributed by atoms with Gasteiger partial charge in [-0.3, -0.25) is 0 Å². The molecule has 0 atom stereocenters. The van der Waals surface area contributed by atoms with Crippen LogP contribution in [0.1, 0.15) is 32.1 Å². The fourth-order valence-electron chi connectivity index (χ4n) is 1.59. The fraction of sp³-hybridized carbons (Fsp3) is 0.800. The molecule has 1 aliphatic carbocycles. The highest BCUT2D eigenvalue weighted by atomic mass is 19.3. The second-order valence-corrected chi connectivity index (χ2v) is 3.54. The van der Waals surface area contributed by atoms with E-state index in [0.717, 1.165) is 6.54 Å². The first kappa shape index (κ1) is 10.5. The maximum atomic E-state index is 12.7. The van der Waals surface area contributed by atoms with E-state index in [9.17, 15) is 8.78 Å². The number of hydrogen-bond donors (Lipinski definition) is 1. The molecule has 0 bridgehead atoms. The smallest absolute Gasteiger partial charge is 0.248 e. The van der Waals surface area contributed by atoms with Gasteiger partial charge in [0.1, 0.15) is 0 Å². The Morgan fingerprint density at radius 1 is 1.38 bits per heavy atom. The molecule has 0 amide bonds. The van der Waals surface area contributed by atoms with Gasteiger partial charge in [0.15, 0.2) is 0 Å². The number of hydrogen-bond acceptors (Lipinski definition) is 1. The summed E-state index contributed by atoms with van der Waals surface area (Å²) in [7, 11) is 0. The normalized spacial score (nSPS) is 22.5. The topological polar surface area (TPSA) is 12.0 Å². The average Bonchev–Trinajstić information content (AvgIpc) is 2.08. The molecular weight excluding hydrogens is 172 g/mol. The summed E-state index contributed by atoms with van der Waals surface area (Å²) in [5.74, 6) is 0.0866. The van der Waals surface area contributed by atoms with E-state index in [-0.39, 0.29) is 18.9 Å². The molecule has 1 saturated carbocycles. The van der Waals surface area contributed by atoms with Gasteiger partial charge < -0.3 is 5.32 Å². The van der Waals surface area contributed by atoms with Gasteiger partial charge in [-0.15, -0.1) is 12.3 Å². The average molecular weight is 187 g/mol. The number of nitrogens with one attached hydrogen (secondary N) is 1. The molecule has 0 aromatic rings. The van der Waals surface area contributed by atoms with Gasteiger partial charge in [-0.1, -0.05) is 0 Å². The van der Waals surface area contributed by atoms with Crippen molar-refractivity contribution in [1.82, 2.24) is 5.32 Å². The summed E-state index contributed by atoms with van der Waals surface area (Å²) in [6.45, 7) is 0.743. The van der Waals surface area contributed by atoms with Crippen LogP contribution in [0.25, 0.3) is 0 Å². The number of alkyl halides is 2. The van der Waals surface area contributed by atoms with Gasteiger partial charge in [-0.25, -0.2) is 8.78 Å². The molecule has 0 aliphatic heterocycles. The van der Waals surface area contributed by atoms with E-state index in [2.05, 4.69) is 11.2 Å². The Hall–Kier alpha value is -0.620. The summed E-state index contributed by atoms with van der Waals surface area (Å²) in [6, 6.07) is 0.243. The monoisotopic (exact) mass is 187 g/mol. The van der Waals surface area contributed by atoms with Crippen LogP contribution >= 0.6 is 0 Å². The first-order valence-corrected chi connectivity index (χ1v) is 4.69. The van der Waals surface area contributed by atoms with Crippen molar-refractivity contribution in [1.29, 1.82) is 0 Å². The number of rotatable bonds is 3. The van der Waals surface area contributed by atoms with Crippen molar-refractivity contribution >= 4 is 0 Å². The molecule has 1 nitrogen and oxygen atoms in total. The molecule has 0 radical (unpaired) electrons. The minimum Gasteiger partial charge on any atom is -0.313 e. The second-order valence-electron chi connectivity index (χ2n) is 3.54. The van der Waals surface area contributed by atoms with Gasteiger partial charge in [0, 0.05) is 31.8 Å². The summed E-state index contributed by atoms with van der Waals surface area (Å²) < 4.78 is 25.4. The van der Waals surface area contributed by atoms with Crippen LogP contribution in [0.15, 0.2) is 0 Å². The molecule has 0 heterocycles. The molecule has 1 N–H and O–H groups in total. The van der Waals surface area contributed by atoms with Gasteiger partial charge in [0.05, 0.1) is 0 Å². The van der Waals surface area contributed by atoms with Crippen molar-refractivity contribution < 1.29 is 8.78 Å². The molecule has 0 aromatic carbocycles. The first-order chi connectivity index (χ1) is 6.14. The molecule has 13 heavy (non-hydrogen) atoms. The lowest BCUT2D eigenvalue weighted by Gasteiger charge is -2.28. The van der Waals surface area contributed by atoms with Gasteiger partial charge >= 0.3 is 0 Å². The second kappa shape index (κ2) is 4.57. The van der Waals surface area contributed by atoms with E-state index >= 15 is 0 Å². The van der Waals surface area contributed by atoms with Gasteiger partial charge in [-0.05, 0) is 12.8 Å². The highest BCUT2D eigenvalue weighted by molar-refractivity contribution is 4.86. The molecule has 1 aliphatic rings. The highest BCUT2D eigenvalue weighted by Crippen LogP contribution is 2.32. The third-order valence-electron chi connectivity index (χ3n) is 2.42. The maximum absolute atomic E-state index is 12.7. The third-order valence-corrected chi connectivity index (χ3v) is 2.42. The van der Waals surface area contributed by atoms with Crippen molar-refractivity contribution in [3.8, 4) is 12.3 Å². The van der Waals surface area contributed by atoms with E-state index in [1.54, 1.807) is 0 Å². The summed E-state index contributed by atoms with van der Waals surface area (Å²) in [4.78, 5) is 0. The Morgan fingerprint density at radius 3 is 2.54 bits per heavy atom. The molecular formula is C10H15F2N. The zero-order valence-electron chi connectivity index (χ0n) is 7.65. The first-order valence-electron chi connectivity index (χ1n) is 4.69. The number of halogens is 2. The van der Waals surface area contributed by atoms with Crippen molar-refractivity contribution in [2.24, 2.45) is 0 Å². The van der Waals surface area contributed by atoms with Gasteiger partial charge in [-0.2, -0.15) is 0 Å². The van der Waals surface area contributed by atoms with E-state index in [4.69, 9.17) is 6.42 Å². The largest absolute Gasteiger partial charge is 0.313 e. The molecule has 0 saturated heterocycles. The van der Waals surface area contributed by atoms with Crippen LogP contribution in [0.3, 0.4) is 0 Å². The summed E-state index contributed by atoms with van der Waals surface area (Å²) in [5, 5.41) is 3.18. The molecule has 0 spiro atoms. The summed E-state index contributed by atoms with van der Waals surface area (Å²) >= 11 is 0. The van der Waals surface area contributed by atoms with Crippen LogP contribution < -0.4 is 5.32 Å². The number of terminal acetylenes is 1. The predicted molar refractivity (Wildman–Crippen MR) is 48.7 cm³/mol. The van der Waals surface area contributed by atoms with Crippen LogP contribution in [-0.4, -0.2) is 18.5 Å². The van der Waals surface area contributed by atoms with Crippen molar-refractivity contribution in [2.45, 2.75) is 44.1 Å². The quantitative estimate of drug-likeness (QED) is 0.527. The molecule has 1 fully saturated rings. The third kappa shape index (κ3) is 3.73. The Morgan fingerprint density at radius 2 is 2.00 bits per heavy atom. The molecule has 0 unspecified atom stereocenters. The van der Waals surface area contributed by atoms with Crippen LogP contribution in [0.5, 0.6) is 0 Å². The van der Waals surface area contributed by atoms with Crippen molar-refractivity contribution in [3.05, 3.63) is 0 Å². The zero-order valence-corrected chi connectivity index (χ0v) is 7.65. The zero-order chi connectivity index (χ0) is 9.73. The van der Waals surface area contributed by atoms with Crippen molar-refractivity contribution in [2.75, 3.05) is 6.54 Å². The Balaban J connectivity index is 2.15. The Labute approximate surface area is 77.9 Å². The molecule has 1 rings (SSSR count). The maximum Gasteiger partial charge on any atom is 0.248 e. The predicted octanol–water partition coefficient (Wildman–Crippen LogP) is 2.18. The Kier molecular flexibility index (Phi) is 3.68. The van der Waals surface area contributed by atoms with Gasteiger partial charge in [0.2, 0.25) is 5.92 Å². The van der Waals surface area contributed by atoms with Crippen LogP contribution in [-0.2, 0) is 0 Å². The van der Waals surface area contributed by atoms with Gasteiger partial charge in [0.25, 0.3) is 0 Å². The van der Waals surface area contributed by atoms with Crippen LogP contribution in [0.4, 0.5) is 8.78 Å². The minimum atomic E-state index is -2.43. The van der Waals surface area contributed by atoms with E-state index in [0.29, 0.717) is 19.3 Å². The minimum absolute atomic E-state index is 0.0146. The lowest BCUT2D eigenvalue weighted by Crippen LogP contribution is -2.37.